The van der Waals surface area contributed by atoms with Gasteiger partial charge in [0.25, 0.3) is 5.91 Å². The Morgan fingerprint density at radius 2 is 1.79 bits per heavy atom. The average Bonchev–Trinajstić information content (AvgIpc) is 3.02. The number of hydrogen-bond donors (Lipinski definition) is 1. The van der Waals surface area contributed by atoms with Crippen molar-refractivity contribution in [1.82, 2.24) is 10.3 Å². The summed E-state index contributed by atoms with van der Waals surface area (Å²) in [6.07, 6.45) is -8.24. The summed E-state index contributed by atoms with van der Waals surface area (Å²) in [5.41, 5.74) is -1.20. The van der Waals surface area contributed by atoms with Crippen LogP contribution >= 0.6 is 0 Å². The number of nitrogens with one attached hydrogen (secondary N) is 1. The molecule has 1 N–H and O–H groups in total. The molecule has 0 radical (unpaired) electrons. The van der Waals surface area contributed by atoms with Gasteiger partial charge in [-0.3, -0.25) is 14.5 Å². The van der Waals surface area contributed by atoms with Crippen LogP contribution in [0.3, 0.4) is 0 Å². The number of alkyl halides is 4. The van der Waals surface area contributed by atoms with Crippen molar-refractivity contribution in [2.75, 3.05) is 16.4 Å². The van der Waals surface area contributed by atoms with Crippen molar-refractivity contribution in [3.05, 3.63) is 47.4 Å². The van der Waals surface area contributed by atoms with Gasteiger partial charge in [0.1, 0.15) is 15.7 Å². The van der Waals surface area contributed by atoms with Crippen LogP contribution in [0.4, 0.5) is 33.5 Å². The standard InChI is InChI=1S/C24H24F5N3O5S/c1-22(2)14-10-13(19(33)31-23(3)6-8-38(35,36)9-7-23)4-5-16(14)32(21(22)34)18-11-17(15(25)12-30-18)37-24(28,29)20(26)27/h4-5,10-12,20H,6-9H2,1-3H3,(H,31,33). The molecular weight excluding hydrogens is 537 g/mol. The van der Waals surface area contributed by atoms with E-state index in [9.17, 15) is 40.0 Å². The van der Waals surface area contributed by atoms with Crippen molar-refractivity contribution in [3.8, 4) is 5.75 Å². The quantitative estimate of drug-likeness (QED) is 0.533. The largest absolute Gasteiger partial charge is 0.461 e. The number of anilines is 2. The number of fused-ring (bicyclic) bond motifs is 1. The number of hydrogen-bond acceptors (Lipinski definition) is 6. The second-order valence-electron chi connectivity index (χ2n) is 10.1. The van der Waals surface area contributed by atoms with E-state index in [1.54, 1.807) is 20.8 Å². The fraction of sp³-hybridized carbons (Fsp3) is 0.458. The van der Waals surface area contributed by atoms with Gasteiger partial charge in [0.2, 0.25) is 5.91 Å². The van der Waals surface area contributed by atoms with Gasteiger partial charge in [-0.1, -0.05) is 0 Å². The van der Waals surface area contributed by atoms with Crippen LogP contribution in [0, 0.1) is 5.82 Å². The van der Waals surface area contributed by atoms with E-state index in [1.165, 1.54) is 18.2 Å². The summed E-state index contributed by atoms with van der Waals surface area (Å²) in [5, 5.41) is 2.86. The zero-order valence-corrected chi connectivity index (χ0v) is 21.3. The lowest BCUT2D eigenvalue weighted by Gasteiger charge is -2.34. The van der Waals surface area contributed by atoms with Gasteiger partial charge in [-0.2, -0.15) is 17.6 Å². The number of sulfone groups is 1. The highest BCUT2D eigenvalue weighted by Crippen LogP contribution is 2.46. The normalized spacial score (nSPS) is 19.8. The van der Waals surface area contributed by atoms with E-state index in [4.69, 9.17) is 0 Å². The second kappa shape index (κ2) is 9.17. The minimum atomic E-state index is -4.98. The van der Waals surface area contributed by atoms with Gasteiger partial charge in [0, 0.05) is 17.2 Å². The molecule has 1 saturated heterocycles. The molecule has 0 spiro atoms. The molecule has 0 aliphatic carbocycles. The topological polar surface area (TPSA) is 106 Å². The first-order chi connectivity index (χ1) is 17.5. The summed E-state index contributed by atoms with van der Waals surface area (Å²) < 4.78 is 93.4. The molecule has 0 atom stereocenters. The Morgan fingerprint density at radius 3 is 2.39 bits per heavy atom. The SMILES string of the molecule is CC1(NC(=O)c2ccc3c(c2)C(C)(C)C(=O)N3c2cc(OC(F)(F)C(F)F)c(F)cn2)CCS(=O)(=O)CC1. The molecule has 8 nitrogen and oxygen atoms in total. The van der Waals surface area contributed by atoms with Crippen molar-refractivity contribution < 1.29 is 44.7 Å². The number of aromatic nitrogens is 1. The van der Waals surface area contributed by atoms with Gasteiger partial charge in [0.05, 0.1) is 28.8 Å². The summed E-state index contributed by atoms with van der Waals surface area (Å²) in [5.74, 6) is -4.19. The van der Waals surface area contributed by atoms with Crippen molar-refractivity contribution in [1.29, 1.82) is 0 Å². The van der Waals surface area contributed by atoms with Crippen LogP contribution in [0.2, 0.25) is 0 Å². The van der Waals surface area contributed by atoms with Gasteiger partial charge >= 0.3 is 12.5 Å². The van der Waals surface area contributed by atoms with Crippen molar-refractivity contribution in [3.63, 3.8) is 0 Å². The lowest BCUT2D eigenvalue weighted by Crippen LogP contribution is -2.50. The summed E-state index contributed by atoms with van der Waals surface area (Å²) in [6.45, 7) is 4.85. The van der Waals surface area contributed by atoms with E-state index >= 15 is 0 Å². The average molecular weight is 562 g/mol. The summed E-state index contributed by atoms with van der Waals surface area (Å²) in [4.78, 5) is 31.1. The molecule has 14 heteroatoms. The Hall–Kier alpha value is -3.29. The van der Waals surface area contributed by atoms with Gasteiger partial charge in [-0.25, -0.2) is 17.8 Å². The molecule has 38 heavy (non-hydrogen) atoms. The molecular formula is C24H24F5N3O5S. The highest BCUT2D eigenvalue weighted by molar-refractivity contribution is 7.91. The molecule has 1 aromatic heterocycles. The number of carbonyl (C=O) groups excluding carboxylic acids is 2. The molecule has 2 aliphatic heterocycles. The van der Waals surface area contributed by atoms with E-state index in [-0.39, 0.29) is 41.4 Å². The van der Waals surface area contributed by atoms with Crippen LogP contribution in [-0.4, -0.2) is 54.8 Å². The maximum atomic E-state index is 14.1. The fourth-order valence-corrected chi connectivity index (χ4v) is 6.09. The highest BCUT2D eigenvalue weighted by Gasteiger charge is 2.47. The Balaban J connectivity index is 1.65. The Bertz CT molecular complexity index is 1400. The lowest BCUT2D eigenvalue weighted by molar-refractivity contribution is -0.254. The number of ether oxygens (including phenoxy) is 1. The monoisotopic (exact) mass is 561 g/mol. The van der Waals surface area contributed by atoms with Crippen molar-refractivity contribution in [2.45, 2.75) is 57.1 Å². The van der Waals surface area contributed by atoms with Gasteiger partial charge in [0.15, 0.2) is 11.6 Å². The molecule has 1 fully saturated rings. The van der Waals surface area contributed by atoms with Crippen LogP contribution in [0.5, 0.6) is 5.75 Å². The number of carbonyl (C=O) groups is 2. The molecule has 3 heterocycles. The van der Waals surface area contributed by atoms with Crippen LogP contribution < -0.4 is 15.0 Å². The molecule has 206 valence electrons. The minimum absolute atomic E-state index is 0.0515. The molecule has 1 aromatic carbocycles. The zero-order chi connectivity index (χ0) is 28.3. The summed E-state index contributed by atoms with van der Waals surface area (Å²) >= 11 is 0. The van der Waals surface area contributed by atoms with E-state index in [0.29, 0.717) is 17.8 Å². The first-order valence-corrected chi connectivity index (χ1v) is 13.3. The van der Waals surface area contributed by atoms with Gasteiger partial charge in [-0.05, 0) is 57.4 Å². The Morgan fingerprint density at radius 1 is 1.16 bits per heavy atom. The zero-order valence-electron chi connectivity index (χ0n) is 20.5. The third-order valence-corrected chi connectivity index (χ3v) is 8.44. The molecule has 0 bridgehead atoms. The number of halogens is 5. The second-order valence-corrected chi connectivity index (χ2v) is 12.4. The number of rotatable bonds is 6. The number of pyridine rings is 1. The third kappa shape index (κ3) is 5.05. The van der Waals surface area contributed by atoms with Gasteiger partial charge in [-0.15, -0.1) is 0 Å². The maximum absolute atomic E-state index is 14.1. The van der Waals surface area contributed by atoms with Crippen LogP contribution in [0.1, 0.15) is 49.5 Å². The number of amides is 2. The van der Waals surface area contributed by atoms with Crippen LogP contribution in [0.25, 0.3) is 0 Å². The lowest BCUT2D eigenvalue weighted by atomic mass is 9.85. The fourth-order valence-electron chi connectivity index (χ4n) is 4.37. The minimum Gasteiger partial charge on any atom is -0.425 e. The van der Waals surface area contributed by atoms with Crippen LogP contribution in [-0.2, 0) is 20.0 Å². The maximum Gasteiger partial charge on any atom is 0.461 e. The van der Waals surface area contributed by atoms with E-state index in [0.717, 1.165) is 4.90 Å². The summed E-state index contributed by atoms with van der Waals surface area (Å²) in [6, 6.07) is 4.92. The summed E-state index contributed by atoms with van der Waals surface area (Å²) in [7, 11) is -3.15. The predicted octanol–water partition coefficient (Wildman–Crippen LogP) is 4.11. The van der Waals surface area contributed by atoms with Gasteiger partial charge < -0.3 is 10.1 Å². The van der Waals surface area contributed by atoms with Crippen molar-refractivity contribution >= 4 is 33.2 Å². The van der Waals surface area contributed by atoms with E-state index in [1.807, 2.05) is 0 Å². The molecule has 4 rings (SSSR count). The van der Waals surface area contributed by atoms with E-state index in [2.05, 4.69) is 15.0 Å². The third-order valence-electron chi connectivity index (χ3n) is 6.79. The first-order valence-electron chi connectivity index (χ1n) is 11.5. The van der Waals surface area contributed by atoms with E-state index < -0.39 is 56.7 Å². The highest BCUT2D eigenvalue weighted by atomic mass is 32.2. The van der Waals surface area contributed by atoms with Crippen LogP contribution in [0.15, 0.2) is 30.5 Å². The molecule has 0 unspecified atom stereocenters. The molecule has 0 saturated carbocycles. The smallest absolute Gasteiger partial charge is 0.425 e. The Kier molecular flexibility index (Phi) is 6.69. The Labute approximate surface area is 215 Å². The predicted molar refractivity (Wildman–Crippen MR) is 126 cm³/mol. The number of nitrogens with zero attached hydrogens (tertiary/aromatic N) is 2. The molecule has 2 aromatic rings. The first kappa shape index (κ1) is 27.7. The number of benzene rings is 1. The molecule has 2 aliphatic rings. The van der Waals surface area contributed by atoms with Crippen molar-refractivity contribution in [2.24, 2.45) is 0 Å². The molecule has 2 amide bonds.